The molecule has 0 radical (unpaired) electrons. The molecular formula is C22H27N3O5S. The Balaban J connectivity index is 1.80. The van der Waals surface area contributed by atoms with E-state index in [0.717, 1.165) is 4.88 Å². The van der Waals surface area contributed by atoms with Crippen molar-refractivity contribution in [3.8, 4) is 10.4 Å². The highest BCUT2D eigenvalue weighted by Gasteiger charge is 2.47. The molecule has 8 nitrogen and oxygen atoms in total. The van der Waals surface area contributed by atoms with Gasteiger partial charge in [0.2, 0.25) is 5.91 Å². The number of aromatic nitrogens is 1. The molecule has 0 unspecified atom stereocenters. The van der Waals surface area contributed by atoms with Gasteiger partial charge in [0.25, 0.3) is 5.91 Å². The summed E-state index contributed by atoms with van der Waals surface area (Å²) in [7, 11) is 0. The number of amides is 2. The standard InChI is InChI=1S/C22H27N3O5S/c1-13(2)8-17(21(28)24-22(4)14(3)30-12-19(22)26)23-20(27)16-9-15(10-25(29)11-16)18-6-5-7-31-18/h5-7,9-11,13-14,17H,8,12H2,1-4H3,(H,23,27)(H,24,28)/t14-,17+,22-/m1/s1. The van der Waals surface area contributed by atoms with Crippen molar-refractivity contribution in [3.05, 3.63) is 46.7 Å². The molecule has 0 aromatic carbocycles. The Morgan fingerprint density at radius 2 is 2.13 bits per heavy atom. The first-order chi connectivity index (χ1) is 14.6. The molecule has 1 aliphatic rings. The van der Waals surface area contributed by atoms with Crippen LogP contribution in [0.15, 0.2) is 36.0 Å². The highest BCUT2D eigenvalue weighted by atomic mass is 32.1. The molecule has 2 aromatic rings. The molecule has 3 atom stereocenters. The first-order valence-corrected chi connectivity index (χ1v) is 11.0. The van der Waals surface area contributed by atoms with Crippen LogP contribution in [-0.4, -0.2) is 41.9 Å². The molecule has 1 fully saturated rings. The van der Waals surface area contributed by atoms with Crippen LogP contribution >= 0.6 is 11.3 Å². The molecule has 166 valence electrons. The molecule has 9 heteroatoms. The Labute approximate surface area is 185 Å². The summed E-state index contributed by atoms with van der Waals surface area (Å²) in [6, 6.07) is 4.48. The van der Waals surface area contributed by atoms with E-state index in [1.807, 2.05) is 31.4 Å². The first kappa shape index (κ1) is 22.9. The van der Waals surface area contributed by atoms with E-state index in [-0.39, 0.29) is 23.9 Å². The van der Waals surface area contributed by atoms with Gasteiger partial charge in [-0.15, -0.1) is 11.3 Å². The molecule has 2 amide bonds. The summed E-state index contributed by atoms with van der Waals surface area (Å²) in [4.78, 5) is 39.1. The van der Waals surface area contributed by atoms with Crippen molar-refractivity contribution in [1.29, 1.82) is 0 Å². The zero-order chi connectivity index (χ0) is 22.8. The van der Waals surface area contributed by atoms with Gasteiger partial charge >= 0.3 is 0 Å². The number of ether oxygens (including phenoxy) is 1. The van der Waals surface area contributed by atoms with E-state index < -0.39 is 29.5 Å². The summed E-state index contributed by atoms with van der Waals surface area (Å²) in [5.41, 5.74) is -0.367. The lowest BCUT2D eigenvalue weighted by Gasteiger charge is -2.30. The second kappa shape index (κ2) is 9.15. The van der Waals surface area contributed by atoms with Crippen molar-refractivity contribution in [2.75, 3.05) is 6.61 Å². The van der Waals surface area contributed by atoms with Crippen molar-refractivity contribution in [2.45, 2.75) is 51.8 Å². The zero-order valence-electron chi connectivity index (χ0n) is 18.0. The SMILES string of the molecule is CC(C)C[C@H](NC(=O)c1cc(-c2cccs2)c[n+]([O-])c1)C(=O)N[C@@]1(C)C(=O)CO[C@@H]1C. The highest BCUT2D eigenvalue weighted by molar-refractivity contribution is 7.13. The predicted octanol–water partition coefficient (Wildman–Crippen LogP) is 2.06. The quantitative estimate of drug-likeness (QED) is 0.501. The highest BCUT2D eigenvalue weighted by Crippen LogP contribution is 2.25. The van der Waals surface area contributed by atoms with Gasteiger partial charge in [-0.2, -0.15) is 4.73 Å². The van der Waals surface area contributed by atoms with Crippen LogP contribution in [0.2, 0.25) is 0 Å². The Morgan fingerprint density at radius 3 is 2.71 bits per heavy atom. The van der Waals surface area contributed by atoms with E-state index in [9.17, 15) is 19.6 Å². The topological polar surface area (TPSA) is 111 Å². The van der Waals surface area contributed by atoms with E-state index in [4.69, 9.17) is 4.74 Å². The minimum atomic E-state index is -1.14. The third-order valence-corrected chi connectivity index (χ3v) is 6.40. The van der Waals surface area contributed by atoms with Gasteiger partial charge in [-0.3, -0.25) is 14.4 Å². The number of carbonyl (C=O) groups excluding carboxylic acids is 3. The van der Waals surface area contributed by atoms with Crippen molar-refractivity contribution in [2.24, 2.45) is 5.92 Å². The molecule has 0 aliphatic carbocycles. The minimum Gasteiger partial charge on any atom is -0.619 e. The van der Waals surface area contributed by atoms with E-state index in [2.05, 4.69) is 10.6 Å². The molecule has 1 aliphatic heterocycles. The van der Waals surface area contributed by atoms with E-state index in [0.29, 0.717) is 16.7 Å². The predicted molar refractivity (Wildman–Crippen MR) is 116 cm³/mol. The molecule has 3 heterocycles. The third-order valence-electron chi connectivity index (χ3n) is 5.48. The van der Waals surface area contributed by atoms with Crippen molar-refractivity contribution in [1.82, 2.24) is 10.6 Å². The third kappa shape index (κ3) is 5.11. The number of rotatable bonds is 7. The maximum Gasteiger partial charge on any atom is 0.258 e. The molecule has 3 rings (SSSR count). The number of carbonyl (C=O) groups is 3. The van der Waals surface area contributed by atoms with Crippen molar-refractivity contribution < 1.29 is 23.9 Å². The van der Waals surface area contributed by atoms with Crippen LogP contribution in [0, 0.1) is 11.1 Å². The average molecular weight is 446 g/mol. The molecule has 31 heavy (non-hydrogen) atoms. The second-order valence-corrected chi connectivity index (χ2v) is 9.32. The number of thiophene rings is 1. The number of hydrogen-bond acceptors (Lipinski definition) is 6. The second-order valence-electron chi connectivity index (χ2n) is 8.37. The summed E-state index contributed by atoms with van der Waals surface area (Å²) in [6.45, 7) is 7.17. The van der Waals surface area contributed by atoms with Crippen LogP contribution in [0.4, 0.5) is 0 Å². The molecule has 0 saturated carbocycles. The lowest BCUT2D eigenvalue weighted by Crippen LogP contribution is -2.60. The maximum absolute atomic E-state index is 13.0. The Kier molecular flexibility index (Phi) is 6.76. The van der Waals surface area contributed by atoms with Crippen LogP contribution in [0.5, 0.6) is 0 Å². The fraction of sp³-hybridized carbons (Fsp3) is 0.455. The summed E-state index contributed by atoms with van der Waals surface area (Å²) < 4.78 is 5.95. The minimum absolute atomic E-state index is 0.0574. The van der Waals surface area contributed by atoms with Crippen LogP contribution in [0.1, 0.15) is 44.5 Å². The van der Waals surface area contributed by atoms with E-state index in [1.54, 1.807) is 19.9 Å². The molecule has 2 N–H and O–H groups in total. The lowest BCUT2D eigenvalue weighted by molar-refractivity contribution is -0.604. The summed E-state index contributed by atoms with van der Waals surface area (Å²) in [5.74, 6) is -1.09. The molecular weight excluding hydrogens is 418 g/mol. The van der Waals surface area contributed by atoms with Gasteiger partial charge in [0.15, 0.2) is 18.2 Å². The number of Topliss-reactive ketones (excluding diaryl/α,β-unsaturated/α-hetero) is 1. The molecule has 1 saturated heterocycles. The Hall–Kier alpha value is -2.78. The van der Waals surface area contributed by atoms with E-state index >= 15 is 0 Å². The van der Waals surface area contributed by atoms with Gasteiger partial charge in [0.05, 0.1) is 11.7 Å². The van der Waals surface area contributed by atoms with Gasteiger partial charge in [-0.05, 0) is 43.7 Å². The van der Waals surface area contributed by atoms with Crippen LogP contribution in [0.3, 0.4) is 0 Å². The van der Waals surface area contributed by atoms with Gasteiger partial charge < -0.3 is 20.6 Å². The van der Waals surface area contributed by atoms with Gasteiger partial charge in [-0.1, -0.05) is 19.9 Å². The lowest BCUT2D eigenvalue weighted by atomic mass is 9.92. The van der Waals surface area contributed by atoms with Crippen LogP contribution < -0.4 is 15.4 Å². The maximum atomic E-state index is 13.0. The monoisotopic (exact) mass is 445 g/mol. The largest absolute Gasteiger partial charge is 0.619 e. The molecule has 0 spiro atoms. The van der Waals surface area contributed by atoms with Gasteiger partial charge in [-0.25, -0.2) is 0 Å². The summed E-state index contributed by atoms with van der Waals surface area (Å²) in [5, 5.41) is 19.4. The van der Waals surface area contributed by atoms with Crippen molar-refractivity contribution >= 4 is 28.9 Å². The number of nitrogens with one attached hydrogen (secondary N) is 2. The van der Waals surface area contributed by atoms with E-state index in [1.165, 1.54) is 23.7 Å². The van der Waals surface area contributed by atoms with Gasteiger partial charge in [0, 0.05) is 4.88 Å². The summed E-state index contributed by atoms with van der Waals surface area (Å²) >= 11 is 1.46. The summed E-state index contributed by atoms with van der Waals surface area (Å²) in [6.07, 6.45) is 2.48. The van der Waals surface area contributed by atoms with Crippen molar-refractivity contribution in [3.63, 3.8) is 0 Å². The van der Waals surface area contributed by atoms with Crippen LogP contribution in [0.25, 0.3) is 10.4 Å². The van der Waals surface area contributed by atoms with Crippen LogP contribution in [-0.2, 0) is 14.3 Å². The normalized spacial score (nSPS) is 21.8. The fourth-order valence-electron chi connectivity index (χ4n) is 3.46. The number of nitrogens with zero attached hydrogens (tertiary/aromatic N) is 1. The number of hydrogen-bond donors (Lipinski definition) is 2. The average Bonchev–Trinajstić information content (AvgIpc) is 3.32. The first-order valence-electron chi connectivity index (χ1n) is 10.2. The number of ketones is 1. The zero-order valence-corrected chi connectivity index (χ0v) is 18.8. The molecule has 2 aromatic heterocycles. The Bertz CT molecular complexity index is 976. The smallest absolute Gasteiger partial charge is 0.258 e. The van der Waals surface area contributed by atoms with Gasteiger partial charge in [0.1, 0.15) is 23.8 Å². The molecule has 0 bridgehead atoms. The Morgan fingerprint density at radius 1 is 1.39 bits per heavy atom. The fourth-order valence-corrected chi connectivity index (χ4v) is 4.17. The number of pyridine rings is 1.